The van der Waals surface area contributed by atoms with Crippen molar-refractivity contribution in [2.75, 3.05) is 6.61 Å². The lowest BCUT2D eigenvalue weighted by Crippen LogP contribution is -2.07. The average molecular weight is 378 g/mol. The smallest absolute Gasteiger partial charge is 0.175 e. The third-order valence-electron chi connectivity index (χ3n) is 4.12. The number of thiol groups is 1. The fourth-order valence-corrected chi connectivity index (χ4v) is 3.12. The lowest BCUT2D eigenvalue weighted by atomic mass is 10.0. The van der Waals surface area contributed by atoms with Gasteiger partial charge in [0.15, 0.2) is 11.6 Å². The molecule has 1 aromatic carbocycles. The van der Waals surface area contributed by atoms with Crippen molar-refractivity contribution in [1.29, 1.82) is 0 Å². The fraction of sp³-hybridized carbons (Fsp3) is 0.556. The highest BCUT2D eigenvalue weighted by Crippen LogP contribution is 2.33. The Morgan fingerprint density at radius 1 is 1.38 bits per heavy atom. The van der Waals surface area contributed by atoms with E-state index in [1.54, 1.807) is 12.1 Å². The van der Waals surface area contributed by atoms with E-state index in [-0.39, 0.29) is 16.8 Å². The lowest BCUT2D eigenvalue weighted by molar-refractivity contribution is 0.101. The second-order valence-corrected chi connectivity index (χ2v) is 7.01. The van der Waals surface area contributed by atoms with Gasteiger partial charge in [0.25, 0.3) is 0 Å². The predicted molar refractivity (Wildman–Crippen MR) is 102 cm³/mol. The fourth-order valence-electron chi connectivity index (χ4n) is 2.77. The van der Waals surface area contributed by atoms with Crippen LogP contribution in [0.3, 0.4) is 0 Å². The Bertz CT molecular complexity index is 707. The normalized spacial score (nSPS) is 12.1. The Labute approximate surface area is 159 Å². The van der Waals surface area contributed by atoms with Crippen LogP contribution in [0.1, 0.15) is 61.3 Å². The van der Waals surface area contributed by atoms with Gasteiger partial charge < -0.3 is 9.84 Å². The van der Waals surface area contributed by atoms with Gasteiger partial charge in [-0.25, -0.2) is 0 Å². The topological polar surface area (TPSA) is 101 Å². The standard InChI is InChI=1S/C18H26N4O3S/c1-3-6-15-16(9-8-14(12(2)23)18(15)24)25-10-5-4-7-13(26)11-17-19-21-22-20-17/h8-9,13,24,26H,3-7,10-11H2,1-2H3,(H,19,20,21,22). The molecular formula is C18H26N4O3S. The molecular weight excluding hydrogens is 352 g/mol. The van der Waals surface area contributed by atoms with Crippen molar-refractivity contribution in [2.24, 2.45) is 0 Å². The largest absolute Gasteiger partial charge is 0.507 e. The number of nitrogens with zero attached hydrogens (tertiary/aromatic N) is 3. The summed E-state index contributed by atoms with van der Waals surface area (Å²) in [6, 6.07) is 3.40. The van der Waals surface area contributed by atoms with E-state index in [9.17, 15) is 9.90 Å². The zero-order chi connectivity index (χ0) is 18.9. The van der Waals surface area contributed by atoms with Crippen molar-refractivity contribution in [2.45, 2.75) is 57.6 Å². The van der Waals surface area contributed by atoms with Crippen LogP contribution in [0.4, 0.5) is 0 Å². The number of hydrogen-bond donors (Lipinski definition) is 3. The van der Waals surface area contributed by atoms with Crippen molar-refractivity contribution in [3.8, 4) is 11.5 Å². The number of hydrogen-bond acceptors (Lipinski definition) is 7. The number of aromatic hydroxyl groups is 1. The zero-order valence-electron chi connectivity index (χ0n) is 15.2. The van der Waals surface area contributed by atoms with E-state index in [2.05, 4.69) is 33.3 Å². The minimum Gasteiger partial charge on any atom is -0.507 e. The van der Waals surface area contributed by atoms with Crippen LogP contribution >= 0.6 is 12.6 Å². The monoisotopic (exact) mass is 378 g/mol. The molecule has 0 bridgehead atoms. The van der Waals surface area contributed by atoms with Crippen LogP contribution in [-0.2, 0) is 12.8 Å². The van der Waals surface area contributed by atoms with Gasteiger partial charge in [0, 0.05) is 17.2 Å². The molecule has 0 amide bonds. The molecule has 1 aromatic heterocycles. The molecule has 2 rings (SSSR count). The molecule has 26 heavy (non-hydrogen) atoms. The Morgan fingerprint density at radius 3 is 2.85 bits per heavy atom. The number of phenols is 1. The molecule has 1 heterocycles. The molecule has 0 radical (unpaired) electrons. The van der Waals surface area contributed by atoms with E-state index in [1.807, 2.05) is 6.92 Å². The number of tetrazole rings is 1. The van der Waals surface area contributed by atoms with Crippen LogP contribution in [0, 0.1) is 0 Å². The number of H-pyrrole nitrogens is 1. The van der Waals surface area contributed by atoms with E-state index in [1.165, 1.54) is 6.92 Å². The van der Waals surface area contributed by atoms with Gasteiger partial charge in [0.05, 0.1) is 12.2 Å². The zero-order valence-corrected chi connectivity index (χ0v) is 16.1. The Balaban J connectivity index is 1.81. The van der Waals surface area contributed by atoms with E-state index < -0.39 is 0 Å². The summed E-state index contributed by atoms with van der Waals surface area (Å²) < 4.78 is 5.86. The molecule has 8 heteroatoms. The molecule has 2 aromatic rings. The Kier molecular flexibility index (Phi) is 7.90. The minimum absolute atomic E-state index is 0.0485. The number of phenolic OH excluding ortho intramolecular Hbond substituents is 1. The lowest BCUT2D eigenvalue weighted by Gasteiger charge is -2.15. The first-order chi connectivity index (χ1) is 12.5. The number of nitrogens with one attached hydrogen (secondary N) is 1. The van der Waals surface area contributed by atoms with Gasteiger partial charge in [-0.15, -0.1) is 10.2 Å². The maximum atomic E-state index is 11.6. The van der Waals surface area contributed by atoms with Gasteiger partial charge >= 0.3 is 0 Å². The van der Waals surface area contributed by atoms with Gasteiger partial charge in [-0.1, -0.05) is 18.6 Å². The van der Waals surface area contributed by atoms with E-state index in [0.717, 1.165) is 25.7 Å². The summed E-state index contributed by atoms with van der Waals surface area (Å²) in [5.74, 6) is 1.23. The van der Waals surface area contributed by atoms with Crippen molar-refractivity contribution in [1.82, 2.24) is 20.6 Å². The van der Waals surface area contributed by atoms with Crippen molar-refractivity contribution in [3.05, 3.63) is 29.1 Å². The number of ether oxygens (including phenoxy) is 1. The summed E-state index contributed by atoms with van der Waals surface area (Å²) in [5.41, 5.74) is 1.06. The van der Waals surface area contributed by atoms with Crippen molar-refractivity contribution in [3.63, 3.8) is 0 Å². The number of carbonyl (C=O) groups is 1. The van der Waals surface area contributed by atoms with Crippen LogP contribution in [-0.4, -0.2) is 43.4 Å². The van der Waals surface area contributed by atoms with Gasteiger partial charge in [-0.2, -0.15) is 17.8 Å². The summed E-state index contributed by atoms with van der Waals surface area (Å²) >= 11 is 4.55. The Hall–Kier alpha value is -2.09. The number of carbonyl (C=O) groups excluding carboxylic acids is 1. The molecule has 0 aliphatic carbocycles. The highest BCUT2D eigenvalue weighted by Gasteiger charge is 2.16. The SMILES string of the molecule is CCCc1c(OCCCCC(S)Cc2nn[nH]n2)ccc(C(C)=O)c1O. The van der Waals surface area contributed by atoms with Crippen molar-refractivity contribution >= 4 is 18.4 Å². The molecule has 0 saturated carbocycles. The maximum absolute atomic E-state index is 11.6. The minimum atomic E-state index is -0.146. The molecule has 0 saturated heterocycles. The molecule has 0 fully saturated rings. The van der Waals surface area contributed by atoms with Crippen LogP contribution in [0.25, 0.3) is 0 Å². The molecule has 0 aliphatic rings. The number of benzene rings is 1. The number of Topliss-reactive ketones (excluding diaryl/α,β-unsaturated/α-hetero) is 1. The molecule has 0 spiro atoms. The third-order valence-corrected chi connectivity index (χ3v) is 4.56. The molecule has 2 N–H and O–H groups in total. The van der Waals surface area contributed by atoms with E-state index >= 15 is 0 Å². The summed E-state index contributed by atoms with van der Waals surface area (Å²) in [5, 5.41) is 24.3. The number of ketones is 1. The van der Waals surface area contributed by atoms with Gasteiger partial charge in [-0.05, 0) is 44.7 Å². The summed E-state index contributed by atoms with van der Waals surface area (Å²) in [4.78, 5) is 11.6. The first-order valence-electron chi connectivity index (χ1n) is 8.91. The number of aromatic nitrogens is 4. The van der Waals surface area contributed by atoms with E-state index in [4.69, 9.17) is 4.74 Å². The van der Waals surface area contributed by atoms with E-state index in [0.29, 0.717) is 42.1 Å². The van der Waals surface area contributed by atoms with Crippen molar-refractivity contribution < 1.29 is 14.6 Å². The molecule has 7 nitrogen and oxygen atoms in total. The van der Waals surface area contributed by atoms with Gasteiger partial charge in [-0.3, -0.25) is 4.79 Å². The highest BCUT2D eigenvalue weighted by molar-refractivity contribution is 7.80. The summed E-state index contributed by atoms with van der Waals surface area (Å²) in [6.07, 6.45) is 4.99. The first kappa shape index (κ1) is 20.2. The highest BCUT2D eigenvalue weighted by atomic mass is 32.1. The van der Waals surface area contributed by atoms with Gasteiger partial charge in [0.1, 0.15) is 11.5 Å². The first-order valence-corrected chi connectivity index (χ1v) is 9.43. The number of unbranched alkanes of at least 4 members (excludes halogenated alkanes) is 1. The van der Waals surface area contributed by atoms with Crippen LogP contribution < -0.4 is 4.74 Å². The summed E-state index contributed by atoms with van der Waals surface area (Å²) in [7, 11) is 0. The van der Waals surface area contributed by atoms with Crippen LogP contribution in [0.5, 0.6) is 11.5 Å². The number of rotatable bonds is 11. The quantitative estimate of drug-likeness (QED) is 0.315. The van der Waals surface area contributed by atoms with Crippen LogP contribution in [0.15, 0.2) is 12.1 Å². The van der Waals surface area contributed by atoms with Crippen LogP contribution in [0.2, 0.25) is 0 Å². The maximum Gasteiger partial charge on any atom is 0.175 e. The predicted octanol–water partition coefficient (Wildman–Crippen LogP) is 3.15. The average Bonchev–Trinajstić information content (AvgIpc) is 3.10. The molecule has 1 unspecified atom stereocenters. The Morgan fingerprint density at radius 2 is 2.19 bits per heavy atom. The molecule has 142 valence electrons. The number of aromatic amines is 1. The second-order valence-electron chi connectivity index (χ2n) is 6.27. The second kappa shape index (κ2) is 10.2. The summed E-state index contributed by atoms with van der Waals surface area (Å²) in [6.45, 7) is 4.03. The molecule has 0 aliphatic heterocycles. The third kappa shape index (κ3) is 5.72. The molecule has 1 atom stereocenters. The van der Waals surface area contributed by atoms with Gasteiger partial charge in [0.2, 0.25) is 0 Å².